The maximum absolute atomic E-state index is 14.1. The molecule has 0 saturated carbocycles. The summed E-state index contributed by atoms with van der Waals surface area (Å²) in [4.78, 5) is 26.8. The van der Waals surface area contributed by atoms with E-state index in [2.05, 4.69) is 10.6 Å². The molecule has 39 heavy (non-hydrogen) atoms. The first-order chi connectivity index (χ1) is 18.3. The molecule has 3 aromatic rings. The number of carbonyl (C=O) groups is 2. The number of nitrogens with one attached hydrogen (secondary N) is 2. The van der Waals surface area contributed by atoms with Crippen molar-refractivity contribution in [1.82, 2.24) is 5.32 Å². The van der Waals surface area contributed by atoms with Gasteiger partial charge in [0.25, 0.3) is 5.91 Å². The molecule has 0 saturated heterocycles. The average Bonchev–Trinajstić information content (AvgIpc) is 3.36. The second-order valence-corrected chi connectivity index (χ2v) is 9.45. The second kappa shape index (κ2) is 9.21. The quantitative estimate of drug-likeness (QED) is 0.376. The van der Waals surface area contributed by atoms with E-state index in [0.717, 1.165) is 24.3 Å². The minimum Gasteiger partial charge on any atom is -0.375 e. The Bertz CT molecular complexity index is 1590. The lowest BCUT2D eigenvalue weighted by Crippen LogP contribution is -2.48. The van der Waals surface area contributed by atoms with Crippen molar-refractivity contribution in [2.24, 2.45) is 0 Å². The summed E-state index contributed by atoms with van der Waals surface area (Å²) >= 11 is 6.25. The summed E-state index contributed by atoms with van der Waals surface area (Å²) < 4.78 is 69.4. The number of urea groups is 1. The number of β-amino-alcohol motifs (C(OH)–C–C–N with tert-alkyl or cyclic N) is 1. The van der Waals surface area contributed by atoms with Gasteiger partial charge in [0, 0.05) is 33.0 Å². The number of carbonyl (C=O) groups excluding carboxylic acids is 2. The van der Waals surface area contributed by atoms with Crippen molar-refractivity contribution in [2.75, 3.05) is 16.8 Å². The molecule has 13 heteroatoms. The van der Waals surface area contributed by atoms with Crippen LogP contribution in [0.4, 0.5) is 38.1 Å². The van der Waals surface area contributed by atoms with Crippen molar-refractivity contribution in [1.29, 1.82) is 5.26 Å². The van der Waals surface area contributed by atoms with E-state index in [1.165, 1.54) is 18.2 Å². The first-order valence-electron chi connectivity index (χ1n) is 11.3. The van der Waals surface area contributed by atoms with Gasteiger partial charge in [-0.2, -0.15) is 18.4 Å². The molecule has 3 amide bonds. The molecular formula is C26H16ClF5N4O3. The lowest BCUT2D eigenvalue weighted by Gasteiger charge is -2.27. The fourth-order valence-corrected chi connectivity index (χ4v) is 5.07. The van der Waals surface area contributed by atoms with Gasteiger partial charge in [-0.3, -0.25) is 9.69 Å². The van der Waals surface area contributed by atoms with Crippen molar-refractivity contribution in [3.63, 3.8) is 0 Å². The normalized spacial score (nSPS) is 19.8. The van der Waals surface area contributed by atoms with E-state index in [-0.39, 0.29) is 39.5 Å². The van der Waals surface area contributed by atoms with Gasteiger partial charge in [-0.25, -0.2) is 13.6 Å². The lowest BCUT2D eigenvalue weighted by molar-refractivity contribution is -0.258. The zero-order valence-electron chi connectivity index (χ0n) is 19.5. The minimum absolute atomic E-state index is 0.0408. The van der Waals surface area contributed by atoms with Gasteiger partial charge < -0.3 is 15.7 Å². The van der Waals surface area contributed by atoms with Gasteiger partial charge in [0.05, 0.1) is 30.8 Å². The van der Waals surface area contributed by atoms with Crippen LogP contribution in [0.1, 0.15) is 38.7 Å². The van der Waals surface area contributed by atoms with Crippen LogP contribution in [-0.4, -0.2) is 29.8 Å². The van der Waals surface area contributed by atoms with Crippen LogP contribution in [0.2, 0.25) is 5.02 Å². The number of benzene rings is 3. The molecule has 0 aliphatic carbocycles. The van der Waals surface area contributed by atoms with Gasteiger partial charge in [0.2, 0.25) is 5.60 Å². The van der Waals surface area contributed by atoms with Crippen LogP contribution in [0, 0.1) is 23.0 Å². The third-order valence-corrected chi connectivity index (χ3v) is 6.98. The molecule has 2 aliphatic heterocycles. The molecule has 3 aromatic carbocycles. The Balaban J connectivity index is 1.60. The Hall–Kier alpha value is -4.21. The van der Waals surface area contributed by atoms with Crippen molar-refractivity contribution < 1.29 is 36.6 Å². The summed E-state index contributed by atoms with van der Waals surface area (Å²) in [5.41, 5.74) is -4.16. The number of anilines is 2. The molecule has 2 aliphatic rings. The zero-order valence-corrected chi connectivity index (χ0v) is 20.3. The molecular weight excluding hydrogens is 547 g/mol. The number of halogens is 6. The number of hydrogen-bond acceptors (Lipinski definition) is 4. The Morgan fingerprint density at radius 3 is 2.56 bits per heavy atom. The standard InChI is InChI=1S/C26H16ClF5N4O3/c27-18-3-1-13(28)9-15(18)22-21-16(23(37)35-22)7-12(5-6-33)8-19(21)34-24(38)36-11-25(39,26(30,31)32)17-10-14(29)2-4-20(17)36/h1-4,7-10,22,39H,5,11H2,(H,34,38)(H,35,37)/t22-,25-/m0/s1. The van der Waals surface area contributed by atoms with E-state index in [0.29, 0.717) is 16.5 Å². The number of nitrogens with zero attached hydrogens (tertiary/aromatic N) is 2. The maximum Gasteiger partial charge on any atom is 0.423 e. The number of fused-ring (bicyclic) bond motifs is 2. The molecule has 0 aromatic heterocycles. The minimum atomic E-state index is -5.24. The smallest absolute Gasteiger partial charge is 0.375 e. The van der Waals surface area contributed by atoms with Gasteiger partial charge >= 0.3 is 12.2 Å². The Kier molecular flexibility index (Phi) is 6.24. The van der Waals surface area contributed by atoms with Gasteiger partial charge in [0.1, 0.15) is 11.6 Å². The summed E-state index contributed by atoms with van der Waals surface area (Å²) in [6.07, 6.45) is -5.41. The first-order valence-corrected chi connectivity index (χ1v) is 11.7. The van der Waals surface area contributed by atoms with Crippen molar-refractivity contribution in [2.45, 2.75) is 24.2 Å². The molecule has 5 rings (SSSR count). The van der Waals surface area contributed by atoms with E-state index < -0.39 is 53.5 Å². The topological polar surface area (TPSA) is 105 Å². The number of amides is 3. The predicted molar refractivity (Wildman–Crippen MR) is 129 cm³/mol. The van der Waals surface area contributed by atoms with Crippen LogP contribution in [0.5, 0.6) is 0 Å². The second-order valence-electron chi connectivity index (χ2n) is 9.05. The molecule has 2 atom stereocenters. The molecule has 0 radical (unpaired) electrons. The Labute approximate surface area is 222 Å². The third-order valence-electron chi connectivity index (χ3n) is 6.64. The van der Waals surface area contributed by atoms with Gasteiger partial charge in [-0.1, -0.05) is 11.6 Å². The fraction of sp³-hybridized carbons (Fsp3) is 0.192. The zero-order chi connectivity index (χ0) is 28.3. The van der Waals surface area contributed by atoms with Crippen molar-refractivity contribution in [3.05, 3.63) is 93.0 Å². The van der Waals surface area contributed by atoms with Gasteiger partial charge in [-0.15, -0.1) is 0 Å². The summed E-state index contributed by atoms with van der Waals surface area (Å²) in [5.74, 6) is -2.31. The maximum atomic E-state index is 14.1. The summed E-state index contributed by atoms with van der Waals surface area (Å²) in [7, 11) is 0. The lowest BCUT2D eigenvalue weighted by atomic mass is 9.94. The van der Waals surface area contributed by atoms with E-state index in [9.17, 15) is 41.9 Å². The fourth-order valence-electron chi connectivity index (χ4n) is 4.84. The van der Waals surface area contributed by atoms with Crippen LogP contribution in [0.25, 0.3) is 0 Å². The van der Waals surface area contributed by atoms with E-state index in [1.54, 1.807) is 0 Å². The molecule has 7 nitrogen and oxygen atoms in total. The first kappa shape index (κ1) is 26.4. The summed E-state index contributed by atoms with van der Waals surface area (Å²) in [5, 5.41) is 24.9. The summed E-state index contributed by atoms with van der Waals surface area (Å²) in [6, 6.07) is 8.26. The van der Waals surface area contributed by atoms with E-state index in [1.807, 2.05) is 6.07 Å². The van der Waals surface area contributed by atoms with Crippen LogP contribution in [-0.2, 0) is 12.0 Å². The average molecular weight is 563 g/mol. The van der Waals surface area contributed by atoms with Crippen LogP contribution in [0.3, 0.4) is 0 Å². The van der Waals surface area contributed by atoms with Crippen molar-refractivity contribution in [3.8, 4) is 6.07 Å². The molecule has 0 fully saturated rings. The number of aliphatic hydroxyl groups is 1. The number of alkyl halides is 3. The number of rotatable bonds is 3. The molecule has 0 unspecified atom stereocenters. The van der Waals surface area contributed by atoms with E-state index in [4.69, 9.17) is 11.6 Å². The number of hydrogen-bond donors (Lipinski definition) is 3. The number of nitriles is 1. The van der Waals surface area contributed by atoms with Crippen molar-refractivity contribution >= 4 is 34.9 Å². The largest absolute Gasteiger partial charge is 0.423 e. The summed E-state index contributed by atoms with van der Waals surface area (Å²) in [6.45, 7) is -1.27. The third kappa shape index (κ3) is 4.33. The van der Waals surface area contributed by atoms with Crippen LogP contribution >= 0.6 is 11.6 Å². The molecule has 200 valence electrons. The van der Waals surface area contributed by atoms with Crippen LogP contribution in [0.15, 0.2) is 48.5 Å². The highest BCUT2D eigenvalue weighted by Crippen LogP contribution is 2.49. The predicted octanol–water partition coefficient (Wildman–Crippen LogP) is 5.32. The molecule has 0 bridgehead atoms. The monoisotopic (exact) mass is 562 g/mol. The molecule has 0 spiro atoms. The van der Waals surface area contributed by atoms with Gasteiger partial charge in [-0.05, 0) is 54.1 Å². The Morgan fingerprint density at radius 1 is 1.18 bits per heavy atom. The molecule has 2 heterocycles. The SMILES string of the molecule is N#CCc1cc(NC(=O)N2C[C@@](O)(C(F)(F)F)c3cc(F)ccc32)c2c(c1)C(=O)N[C@H]2c1cc(F)ccc1Cl. The highest BCUT2D eigenvalue weighted by atomic mass is 35.5. The van der Waals surface area contributed by atoms with Crippen LogP contribution < -0.4 is 15.5 Å². The Morgan fingerprint density at radius 2 is 1.87 bits per heavy atom. The molecule has 3 N–H and O–H groups in total. The highest BCUT2D eigenvalue weighted by Gasteiger charge is 2.61. The van der Waals surface area contributed by atoms with Gasteiger partial charge in [0.15, 0.2) is 0 Å². The highest BCUT2D eigenvalue weighted by molar-refractivity contribution is 6.31. The van der Waals surface area contributed by atoms with E-state index >= 15 is 0 Å².